The fourth-order valence-corrected chi connectivity index (χ4v) is 5.62. The summed E-state index contributed by atoms with van der Waals surface area (Å²) in [6, 6.07) is 0.0888. The molecular weight excluding hydrogens is 236 g/mol. The Hall–Kier alpha value is -0.570. The van der Waals surface area contributed by atoms with Gasteiger partial charge in [0.1, 0.15) is 0 Å². The lowest BCUT2D eigenvalue weighted by molar-refractivity contribution is -0.124. The normalized spacial score (nSPS) is 48.3. The molecule has 1 atom stereocenters. The van der Waals surface area contributed by atoms with Crippen LogP contribution in [-0.4, -0.2) is 25.0 Å². The van der Waals surface area contributed by atoms with E-state index in [0.29, 0.717) is 0 Å². The third-order valence-electron chi connectivity index (χ3n) is 6.31. The van der Waals surface area contributed by atoms with Gasteiger partial charge in [0.25, 0.3) is 0 Å². The van der Waals surface area contributed by atoms with Crippen LogP contribution in [-0.2, 0) is 4.79 Å². The Labute approximate surface area is 115 Å². The SMILES string of the molecule is O=C1NCCCC1NCC1C2CC3CC(C2)CC1C3. The van der Waals surface area contributed by atoms with E-state index in [-0.39, 0.29) is 11.9 Å². The Morgan fingerprint density at radius 1 is 1.05 bits per heavy atom. The highest BCUT2D eigenvalue weighted by Gasteiger charge is 2.47. The van der Waals surface area contributed by atoms with Gasteiger partial charge >= 0.3 is 0 Å². The lowest BCUT2D eigenvalue weighted by Gasteiger charge is -2.54. The molecule has 0 aromatic carbocycles. The van der Waals surface area contributed by atoms with Crippen molar-refractivity contribution in [2.75, 3.05) is 13.1 Å². The molecule has 3 heteroatoms. The monoisotopic (exact) mass is 262 g/mol. The first-order chi connectivity index (χ1) is 9.29. The Kier molecular flexibility index (Phi) is 3.06. The van der Waals surface area contributed by atoms with E-state index in [0.717, 1.165) is 55.5 Å². The highest BCUT2D eigenvalue weighted by atomic mass is 16.2. The summed E-state index contributed by atoms with van der Waals surface area (Å²) in [5.41, 5.74) is 0. The zero-order valence-electron chi connectivity index (χ0n) is 11.7. The Bertz CT molecular complexity index is 340. The van der Waals surface area contributed by atoms with Gasteiger partial charge in [-0.05, 0) is 81.1 Å². The zero-order chi connectivity index (χ0) is 12.8. The average Bonchev–Trinajstić information content (AvgIpc) is 2.39. The topological polar surface area (TPSA) is 41.1 Å². The molecule has 0 spiro atoms. The van der Waals surface area contributed by atoms with Gasteiger partial charge in [-0.2, -0.15) is 0 Å². The highest BCUT2D eigenvalue weighted by molar-refractivity contribution is 5.82. The summed E-state index contributed by atoms with van der Waals surface area (Å²) in [5, 5.41) is 6.57. The molecule has 5 aliphatic rings. The first-order valence-corrected chi connectivity index (χ1v) is 8.30. The van der Waals surface area contributed by atoms with Crippen molar-refractivity contribution < 1.29 is 4.79 Å². The zero-order valence-corrected chi connectivity index (χ0v) is 11.7. The fraction of sp³-hybridized carbons (Fsp3) is 0.938. The minimum atomic E-state index is 0.0888. The summed E-state index contributed by atoms with van der Waals surface area (Å²) in [4.78, 5) is 11.8. The molecule has 0 aromatic heterocycles. The molecular formula is C16H26N2O. The van der Waals surface area contributed by atoms with Gasteiger partial charge in [0.2, 0.25) is 5.91 Å². The van der Waals surface area contributed by atoms with Crippen molar-refractivity contribution in [3.8, 4) is 0 Å². The molecule has 1 heterocycles. The summed E-state index contributed by atoms with van der Waals surface area (Å²) in [7, 11) is 0. The molecule has 1 aliphatic heterocycles. The van der Waals surface area contributed by atoms with Gasteiger partial charge < -0.3 is 10.6 Å². The van der Waals surface area contributed by atoms with E-state index in [2.05, 4.69) is 10.6 Å². The van der Waals surface area contributed by atoms with E-state index < -0.39 is 0 Å². The second-order valence-corrected chi connectivity index (χ2v) is 7.49. The highest BCUT2D eigenvalue weighted by Crippen LogP contribution is 2.56. The summed E-state index contributed by atoms with van der Waals surface area (Å²) in [5.74, 6) is 5.14. The van der Waals surface area contributed by atoms with E-state index >= 15 is 0 Å². The van der Waals surface area contributed by atoms with Crippen LogP contribution in [0.15, 0.2) is 0 Å². The lowest BCUT2D eigenvalue weighted by atomic mass is 9.52. The predicted molar refractivity (Wildman–Crippen MR) is 74.6 cm³/mol. The number of rotatable bonds is 3. The number of hydrogen-bond donors (Lipinski definition) is 2. The lowest BCUT2D eigenvalue weighted by Crippen LogP contribution is -2.53. The number of hydrogen-bond acceptors (Lipinski definition) is 2. The molecule has 0 radical (unpaired) electrons. The molecule has 4 bridgehead atoms. The van der Waals surface area contributed by atoms with Crippen molar-refractivity contribution in [2.24, 2.45) is 29.6 Å². The van der Waals surface area contributed by atoms with E-state index in [9.17, 15) is 4.79 Å². The second-order valence-electron chi connectivity index (χ2n) is 7.49. The van der Waals surface area contributed by atoms with E-state index in [1.54, 1.807) is 0 Å². The van der Waals surface area contributed by atoms with Gasteiger partial charge in [0.15, 0.2) is 0 Å². The van der Waals surface area contributed by atoms with Crippen LogP contribution < -0.4 is 10.6 Å². The van der Waals surface area contributed by atoms with Gasteiger partial charge in [0, 0.05) is 6.54 Å². The summed E-state index contributed by atoms with van der Waals surface area (Å²) in [6.07, 6.45) is 9.61. The first-order valence-electron chi connectivity index (χ1n) is 8.30. The molecule has 4 aliphatic carbocycles. The smallest absolute Gasteiger partial charge is 0.237 e. The fourth-order valence-electron chi connectivity index (χ4n) is 5.62. The van der Waals surface area contributed by atoms with Crippen molar-refractivity contribution in [3.63, 3.8) is 0 Å². The maximum Gasteiger partial charge on any atom is 0.237 e. The number of carbonyl (C=O) groups is 1. The number of piperidine rings is 1. The first kappa shape index (κ1) is 12.2. The third kappa shape index (κ3) is 2.20. The van der Waals surface area contributed by atoms with Gasteiger partial charge in [-0.1, -0.05) is 0 Å². The Morgan fingerprint density at radius 2 is 1.74 bits per heavy atom. The second kappa shape index (κ2) is 4.76. The molecule has 1 unspecified atom stereocenters. The standard InChI is InChI=1S/C16H26N2O/c19-16-15(2-1-3-17-16)18-9-14-12-5-10-4-11(7-12)8-13(14)6-10/h10-15,18H,1-9H2,(H,17,19). The molecule has 5 rings (SSSR count). The maximum atomic E-state index is 11.8. The Balaban J connectivity index is 1.36. The van der Waals surface area contributed by atoms with E-state index in [4.69, 9.17) is 0 Å². The van der Waals surface area contributed by atoms with Crippen LogP contribution in [0.5, 0.6) is 0 Å². The molecule has 106 valence electrons. The van der Waals surface area contributed by atoms with Crippen LogP contribution in [0, 0.1) is 29.6 Å². The van der Waals surface area contributed by atoms with Crippen LogP contribution >= 0.6 is 0 Å². The van der Waals surface area contributed by atoms with E-state index in [1.807, 2.05) is 0 Å². The minimum absolute atomic E-state index is 0.0888. The molecule has 1 amide bonds. The summed E-state index contributed by atoms with van der Waals surface area (Å²) >= 11 is 0. The van der Waals surface area contributed by atoms with Gasteiger partial charge in [-0.25, -0.2) is 0 Å². The number of carbonyl (C=O) groups excluding carboxylic acids is 1. The van der Waals surface area contributed by atoms with Crippen molar-refractivity contribution in [1.29, 1.82) is 0 Å². The third-order valence-corrected chi connectivity index (χ3v) is 6.31. The molecule has 4 saturated carbocycles. The summed E-state index contributed by atoms with van der Waals surface area (Å²) in [6.45, 7) is 1.96. The maximum absolute atomic E-state index is 11.8. The number of amides is 1. The van der Waals surface area contributed by atoms with Gasteiger partial charge in [-0.15, -0.1) is 0 Å². The van der Waals surface area contributed by atoms with Crippen LogP contribution in [0.2, 0.25) is 0 Å². The Morgan fingerprint density at radius 3 is 2.37 bits per heavy atom. The van der Waals surface area contributed by atoms with E-state index in [1.165, 1.54) is 32.1 Å². The molecule has 2 N–H and O–H groups in total. The largest absolute Gasteiger partial charge is 0.355 e. The van der Waals surface area contributed by atoms with Crippen LogP contribution in [0.3, 0.4) is 0 Å². The van der Waals surface area contributed by atoms with Gasteiger partial charge in [0.05, 0.1) is 6.04 Å². The van der Waals surface area contributed by atoms with Crippen molar-refractivity contribution >= 4 is 5.91 Å². The van der Waals surface area contributed by atoms with Crippen molar-refractivity contribution in [3.05, 3.63) is 0 Å². The minimum Gasteiger partial charge on any atom is -0.355 e. The van der Waals surface area contributed by atoms with Crippen LogP contribution in [0.25, 0.3) is 0 Å². The van der Waals surface area contributed by atoms with Crippen molar-refractivity contribution in [1.82, 2.24) is 10.6 Å². The van der Waals surface area contributed by atoms with Crippen molar-refractivity contribution in [2.45, 2.75) is 51.0 Å². The summed E-state index contributed by atoms with van der Waals surface area (Å²) < 4.78 is 0. The predicted octanol–water partition coefficient (Wildman–Crippen LogP) is 1.93. The molecule has 5 fully saturated rings. The molecule has 0 aromatic rings. The number of nitrogens with one attached hydrogen (secondary N) is 2. The average molecular weight is 262 g/mol. The molecule has 1 saturated heterocycles. The molecule has 3 nitrogen and oxygen atoms in total. The van der Waals surface area contributed by atoms with Gasteiger partial charge in [-0.3, -0.25) is 4.79 Å². The van der Waals surface area contributed by atoms with Crippen LogP contribution in [0.1, 0.15) is 44.9 Å². The van der Waals surface area contributed by atoms with Crippen LogP contribution in [0.4, 0.5) is 0 Å². The quantitative estimate of drug-likeness (QED) is 0.816. The molecule has 19 heavy (non-hydrogen) atoms.